The lowest BCUT2D eigenvalue weighted by Gasteiger charge is -2.21. The van der Waals surface area contributed by atoms with Gasteiger partial charge >= 0.3 is 5.97 Å². The smallest absolute Gasteiger partial charge is 0.337 e. The third-order valence-corrected chi connectivity index (χ3v) is 6.53. The lowest BCUT2D eigenvalue weighted by molar-refractivity contribution is 0.0698. The highest BCUT2D eigenvalue weighted by molar-refractivity contribution is 5.96. The molecule has 0 fully saturated rings. The van der Waals surface area contributed by atoms with Crippen LogP contribution >= 0.6 is 0 Å². The van der Waals surface area contributed by atoms with Crippen molar-refractivity contribution < 1.29 is 18.8 Å². The van der Waals surface area contributed by atoms with Gasteiger partial charge in [0, 0.05) is 22.7 Å². The minimum absolute atomic E-state index is 0.206. The number of halogens is 1. The van der Waals surface area contributed by atoms with Crippen LogP contribution in [0.1, 0.15) is 45.9 Å². The van der Waals surface area contributed by atoms with Gasteiger partial charge in [0.15, 0.2) is 0 Å². The Labute approximate surface area is 213 Å². The zero-order valence-corrected chi connectivity index (χ0v) is 21.0. The van der Waals surface area contributed by atoms with Gasteiger partial charge in [0.25, 0.3) is 0 Å². The largest absolute Gasteiger partial charge is 0.478 e. The topological polar surface area (TPSA) is 88.2 Å². The number of anilines is 1. The van der Waals surface area contributed by atoms with E-state index in [4.69, 9.17) is 9.51 Å². The summed E-state index contributed by atoms with van der Waals surface area (Å²) in [5, 5.41) is 18.0. The summed E-state index contributed by atoms with van der Waals surface area (Å²) in [7, 11) is 0. The molecule has 0 radical (unpaired) electrons. The second kappa shape index (κ2) is 9.50. The molecule has 0 saturated heterocycles. The standard InChI is InChI=1S/C30H26FN3O3/c1-16-13-23(17(2)32-26-8-6-5-7-22(26)30(35)36)25-15-24(20-9-11-21(31)12-10-20)29(33-27(25)14-16)28-18(3)34-37-19(28)4/h5-15,17,32H,1-4H3,(H,35,36)/t17-/m0/s1. The van der Waals surface area contributed by atoms with Crippen LogP contribution in [-0.2, 0) is 0 Å². The molecule has 7 heteroatoms. The molecule has 2 aromatic heterocycles. The Hall–Kier alpha value is -4.52. The van der Waals surface area contributed by atoms with Crippen molar-refractivity contribution in [1.82, 2.24) is 10.1 Å². The number of pyridine rings is 1. The number of para-hydroxylation sites is 1. The van der Waals surface area contributed by atoms with Gasteiger partial charge in [0.1, 0.15) is 11.6 Å². The van der Waals surface area contributed by atoms with E-state index in [-0.39, 0.29) is 17.4 Å². The molecule has 2 N–H and O–H groups in total. The second-order valence-electron chi connectivity index (χ2n) is 9.23. The van der Waals surface area contributed by atoms with Crippen LogP contribution in [-0.4, -0.2) is 21.2 Å². The van der Waals surface area contributed by atoms with Gasteiger partial charge in [-0.3, -0.25) is 0 Å². The molecule has 0 aliphatic heterocycles. The van der Waals surface area contributed by atoms with E-state index >= 15 is 0 Å². The number of carboxylic acid groups (broad SMARTS) is 1. The van der Waals surface area contributed by atoms with Crippen LogP contribution in [0.25, 0.3) is 33.3 Å². The van der Waals surface area contributed by atoms with Gasteiger partial charge in [-0.2, -0.15) is 0 Å². The highest BCUT2D eigenvalue weighted by atomic mass is 19.1. The maximum absolute atomic E-state index is 13.8. The number of carboxylic acids is 1. The van der Waals surface area contributed by atoms with Gasteiger partial charge in [0.2, 0.25) is 0 Å². The molecule has 1 atom stereocenters. The molecule has 0 unspecified atom stereocenters. The zero-order valence-electron chi connectivity index (χ0n) is 21.0. The Morgan fingerprint density at radius 2 is 1.76 bits per heavy atom. The Kier molecular flexibility index (Phi) is 6.21. The molecule has 0 bridgehead atoms. The van der Waals surface area contributed by atoms with Crippen molar-refractivity contribution in [1.29, 1.82) is 0 Å². The van der Waals surface area contributed by atoms with Gasteiger partial charge in [-0.15, -0.1) is 0 Å². The number of hydrogen-bond donors (Lipinski definition) is 2. The van der Waals surface area contributed by atoms with E-state index in [9.17, 15) is 14.3 Å². The van der Waals surface area contributed by atoms with Crippen molar-refractivity contribution in [3.05, 3.63) is 101 Å². The molecular weight excluding hydrogens is 469 g/mol. The van der Waals surface area contributed by atoms with Crippen molar-refractivity contribution in [3.8, 4) is 22.4 Å². The minimum atomic E-state index is -0.992. The third kappa shape index (κ3) is 4.56. The predicted molar refractivity (Wildman–Crippen MR) is 142 cm³/mol. The first kappa shape index (κ1) is 24.2. The van der Waals surface area contributed by atoms with Gasteiger partial charge in [-0.05, 0) is 80.8 Å². The van der Waals surface area contributed by atoms with Crippen LogP contribution in [0, 0.1) is 26.6 Å². The second-order valence-corrected chi connectivity index (χ2v) is 9.23. The first-order valence-electron chi connectivity index (χ1n) is 12.0. The normalized spacial score (nSPS) is 12.0. The molecule has 6 nitrogen and oxygen atoms in total. The van der Waals surface area contributed by atoms with E-state index in [1.807, 2.05) is 33.8 Å². The van der Waals surface area contributed by atoms with E-state index in [0.29, 0.717) is 17.1 Å². The number of aryl methyl sites for hydroxylation is 3. The summed E-state index contributed by atoms with van der Waals surface area (Å²) in [6.45, 7) is 7.72. The summed E-state index contributed by atoms with van der Waals surface area (Å²) < 4.78 is 19.2. The van der Waals surface area contributed by atoms with Crippen molar-refractivity contribution in [2.75, 3.05) is 5.32 Å². The first-order valence-corrected chi connectivity index (χ1v) is 12.0. The SMILES string of the molecule is Cc1cc([C@H](C)Nc2ccccc2C(=O)O)c2cc(-c3ccc(F)cc3)c(-c3c(C)noc3C)nc2c1. The number of nitrogens with one attached hydrogen (secondary N) is 1. The maximum atomic E-state index is 13.8. The van der Waals surface area contributed by atoms with Crippen molar-refractivity contribution in [2.45, 2.75) is 33.7 Å². The van der Waals surface area contributed by atoms with E-state index in [1.165, 1.54) is 12.1 Å². The van der Waals surface area contributed by atoms with Crippen molar-refractivity contribution in [3.63, 3.8) is 0 Å². The molecule has 5 aromatic rings. The number of aromatic carboxylic acids is 1. The van der Waals surface area contributed by atoms with Gasteiger partial charge in [-0.25, -0.2) is 14.2 Å². The van der Waals surface area contributed by atoms with Crippen LogP contribution in [0.2, 0.25) is 0 Å². The minimum Gasteiger partial charge on any atom is -0.478 e. The Morgan fingerprint density at radius 3 is 2.43 bits per heavy atom. The maximum Gasteiger partial charge on any atom is 0.337 e. The number of carbonyl (C=O) groups is 1. The molecule has 0 amide bonds. The van der Waals surface area contributed by atoms with Gasteiger partial charge in [0.05, 0.1) is 28.0 Å². The number of nitrogens with zero attached hydrogens (tertiary/aromatic N) is 2. The summed E-state index contributed by atoms with van der Waals surface area (Å²) in [6.07, 6.45) is 0. The van der Waals surface area contributed by atoms with E-state index < -0.39 is 5.97 Å². The van der Waals surface area contributed by atoms with Crippen LogP contribution in [0.4, 0.5) is 10.1 Å². The molecule has 0 spiro atoms. The highest BCUT2D eigenvalue weighted by Crippen LogP contribution is 2.39. The fourth-order valence-electron chi connectivity index (χ4n) is 4.78. The van der Waals surface area contributed by atoms with E-state index in [0.717, 1.165) is 44.4 Å². The number of rotatable bonds is 6. The number of aromatic nitrogens is 2. The van der Waals surface area contributed by atoms with Crippen LogP contribution < -0.4 is 5.32 Å². The molecule has 2 heterocycles. The van der Waals surface area contributed by atoms with Crippen LogP contribution in [0.15, 0.2) is 71.3 Å². The number of fused-ring (bicyclic) bond motifs is 1. The number of hydrogen-bond acceptors (Lipinski definition) is 5. The average Bonchev–Trinajstić information content (AvgIpc) is 3.21. The molecule has 3 aromatic carbocycles. The fraction of sp³-hybridized carbons (Fsp3) is 0.167. The van der Waals surface area contributed by atoms with Crippen molar-refractivity contribution in [2.24, 2.45) is 0 Å². The quantitative estimate of drug-likeness (QED) is 0.254. The Morgan fingerprint density at radius 1 is 1.03 bits per heavy atom. The van der Waals surface area contributed by atoms with Crippen LogP contribution in [0.3, 0.4) is 0 Å². The summed E-state index contributed by atoms with van der Waals surface area (Å²) in [6, 6.07) is 19.1. The van der Waals surface area contributed by atoms with E-state index in [2.05, 4.69) is 22.6 Å². The molecule has 37 heavy (non-hydrogen) atoms. The van der Waals surface area contributed by atoms with Gasteiger partial charge < -0.3 is 14.9 Å². The molecule has 5 rings (SSSR count). The average molecular weight is 496 g/mol. The van der Waals surface area contributed by atoms with Gasteiger partial charge in [-0.1, -0.05) is 35.5 Å². The van der Waals surface area contributed by atoms with Crippen molar-refractivity contribution >= 4 is 22.6 Å². The highest BCUT2D eigenvalue weighted by Gasteiger charge is 2.22. The third-order valence-electron chi connectivity index (χ3n) is 6.53. The summed E-state index contributed by atoms with van der Waals surface area (Å²) in [5.41, 5.74) is 7.41. The van der Waals surface area contributed by atoms with E-state index in [1.54, 1.807) is 36.4 Å². The predicted octanol–water partition coefficient (Wildman–Crippen LogP) is 7.49. The molecule has 186 valence electrons. The Bertz CT molecular complexity index is 1620. The first-order chi connectivity index (χ1) is 17.7. The zero-order chi connectivity index (χ0) is 26.3. The Balaban J connectivity index is 1.73. The molecule has 0 aliphatic rings. The monoisotopic (exact) mass is 495 g/mol. The number of benzene rings is 3. The van der Waals surface area contributed by atoms with Crippen LogP contribution in [0.5, 0.6) is 0 Å². The lowest BCUT2D eigenvalue weighted by atomic mass is 9.93. The fourth-order valence-corrected chi connectivity index (χ4v) is 4.78. The summed E-state index contributed by atoms with van der Waals surface area (Å²) >= 11 is 0. The molecular formula is C30H26FN3O3. The molecule has 0 saturated carbocycles. The summed E-state index contributed by atoms with van der Waals surface area (Å²) in [4.78, 5) is 16.8. The lowest BCUT2D eigenvalue weighted by Crippen LogP contribution is -2.11. The molecule has 0 aliphatic carbocycles. The summed E-state index contributed by atoms with van der Waals surface area (Å²) in [5.74, 6) is -0.655.